The van der Waals surface area contributed by atoms with Crippen molar-refractivity contribution in [3.8, 4) is 11.4 Å². The zero-order valence-corrected chi connectivity index (χ0v) is 15.5. The number of nitrogens with zero attached hydrogens (tertiary/aromatic N) is 5. The van der Waals surface area contributed by atoms with Crippen LogP contribution in [0.3, 0.4) is 0 Å². The Kier molecular flexibility index (Phi) is 5.51. The van der Waals surface area contributed by atoms with Gasteiger partial charge in [-0.3, -0.25) is 4.79 Å². The van der Waals surface area contributed by atoms with Crippen LogP contribution in [0.5, 0.6) is 5.75 Å². The van der Waals surface area contributed by atoms with Crippen molar-refractivity contribution in [2.24, 2.45) is 0 Å². The van der Waals surface area contributed by atoms with E-state index in [1.54, 1.807) is 32.4 Å². The number of hydrogen-bond acceptors (Lipinski definition) is 6. The largest absolute Gasteiger partial charge is 0.494 e. The highest BCUT2D eigenvalue weighted by molar-refractivity contribution is 5.96. The second kappa shape index (κ2) is 7.82. The van der Waals surface area contributed by atoms with Gasteiger partial charge in [-0.1, -0.05) is 13.3 Å². The fourth-order valence-electron chi connectivity index (χ4n) is 3.90. The van der Waals surface area contributed by atoms with E-state index < -0.39 is 0 Å². The predicted molar refractivity (Wildman–Crippen MR) is 95.5 cm³/mol. The molecule has 26 heavy (non-hydrogen) atoms. The van der Waals surface area contributed by atoms with Crippen LogP contribution in [0.2, 0.25) is 0 Å². The lowest BCUT2D eigenvalue weighted by molar-refractivity contribution is 0.0254. The monoisotopic (exact) mass is 359 g/mol. The van der Waals surface area contributed by atoms with Crippen LogP contribution < -0.4 is 4.74 Å². The minimum absolute atomic E-state index is 0.00461. The molecule has 0 saturated carbocycles. The van der Waals surface area contributed by atoms with Gasteiger partial charge in [-0.05, 0) is 47.9 Å². The third kappa shape index (κ3) is 3.29. The number of likely N-dealkylation sites (tertiary alicyclic amines) is 1. The minimum Gasteiger partial charge on any atom is -0.494 e. The molecule has 1 saturated heterocycles. The number of benzene rings is 1. The molecule has 0 radical (unpaired) electrons. The number of methoxy groups -OCH3 is 2. The van der Waals surface area contributed by atoms with E-state index in [0.29, 0.717) is 23.6 Å². The molecule has 8 heteroatoms. The second-order valence-electron chi connectivity index (χ2n) is 6.61. The first-order valence-corrected chi connectivity index (χ1v) is 8.87. The van der Waals surface area contributed by atoms with E-state index in [1.807, 2.05) is 4.90 Å². The van der Waals surface area contributed by atoms with E-state index in [2.05, 4.69) is 22.4 Å². The molecule has 1 aromatic carbocycles. The molecule has 0 spiro atoms. The maximum Gasteiger partial charge on any atom is 0.254 e. The molecule has 2 heterocycles. The smallest absolute Gasteiger partial charge is 0.254 e. The standard InChI is InChI=1S/C18H25N5O3/c1-4-8-18(12-25-2)9-5-10-22(18)17(24)14-6-7-16(26-3)15(11-14)23-13-19-20-21-23/h6-7,11,13H,4-5,8-10,12H2,1-3H3. The van der Waals surface area contributed by atoms with E-state index in [-0.39, 0.29) is 11.4 Å². The molecule has 1 aliphatic heterocycles. The van der Waals surface area contributed by atoms with Crippen LogP contribution in [-0.2, 0) is 4.74 Å². The Morgan fingerprint density at radius 1 is 1.35 bits per heavy atom. The molecule has 0 N–H and O–H groups in total. The number of aromatic nitrogens is 4. The van der Waals surface area contributed by atoms with Crippen molar-refractivity contribution in [1.29, 1.82) is 0 Å². The molecule has 1 aliphatic rings. The highest BCUT2D eigenvalue weighted by Crippen LogP contribution is 2.36. The van der Waals surface area contributed by atoms with Crippen molar-refractivity contribution in [1.82, 2.24) is 25.1 Å². The first kappa shape index (κ1) is 18.3. The lowest BCUT2D eigenvalue weighted by Gasteiger charge is -2.38. The fraction of sp³-hybridized carbons (Fsp3) is 0.556. The summed E-state index contributed by atoms with van der Waals surface area (Å²) in [5.41, 5.74) is 1.00. The minimum atomic E-state index is -0.227. The molecular weight excluding hydrogens is 334 g/mol. The zero-order chi connectivity index (χ0) is 18.6. The van der Waals surface area contributed by atoms with E-state index in [0.717, 1.165) is 32.2 Å². The van der Waals surface area contributed by atoms with Crippen LogP contribution in [-0.4, -0.2) is 63.9 Å². The molecule has 1 atom stereocenters. The number of ether oxygens (including phenoxy) is 2. The molecule has 3 rings (SSSR count). The first-order valence-electron chi connectivity index (χ1n) is 8.87. The fourth-order valence-corrected chi connectivity index (χ4v) is 3.90. The highest BCUT2D eigenvalue weighted by atomic mass is 16.5. The third-order valence-electron chi connectivity index (χ3n) is 4.99. The summed E-state index contributed by atoms with van der Waals surface area (Å²) < 4.78 is 12.4. The molecule has 140 valence electrons. The SMILES string of the molecule is CCCC1(COC)CCCN1C(=O)c1ccc(OC)c(-n2cnnn2)c1. The number of hydrogen-bond donors (Lipinski definition) is 0. The van der Waals surface area contributed by atoms with Gasteiger partial charge in [-0.2, -0.15) is 4.68 Å². The summed E-state index contributed by atoms with van der Waals surface area (Å²) in [5.74, 6) is 0.608. The van der Waals surface area contributed by atoms with E-state index in [4.69, 9.17) is 9.47 Å². The Labute approximate surface area is 153 Å². The van der Waals surface area contributed by atoms with Crippen molar-refractivity contribution in [3.05, 3.63) is 30.1 Å². The van der Waals surface area contributed by atoms with Gasteiger partial charge in [-0.15, -0.1) is 5.10 Å². The van der Waals surface area contributed by atoms with Crippen LogP contribution in [0, 0.1) is 0 Å². The third-order valence-corrected chi connectivity index (χ3v) is 4.99. The predicted octanol–water partition coefficient (Wildman–Crippen LogP) is 2.09. The van der Waals surface area contributed by atoms with Crippen molar-refractivity contribution < 1.29 is 14.3 Å². The molecule has 1 unspecified atom stereocenters. The lowest BCUT2D eigenvalue weighted by Crippen LogP contribution is -2.50. The van der Waals surface area contributed by atoms with Gasteiger partial charge in [0, 0.05) is 19.2 Å². The van der Waals surface area contributed by atoms with Crippen LogP contribution in [0.25, 0.3) is 5.69 Å². The van der Waals surface area contributed by atoms with E-state index >= 15 is 0 Å². The lowest BCUT2D eigenvalue weighted by atomic mass is 9.91. The van der Waals surface area contributed by atoms with Gasteiger partial charge < -0.3 is 14.4 Å². The Balaban J connectivity index is 1.95. The number of carbonyl (C=O) groups excluding carboxylic acids is 1. The van der Waals surface area contributed by atoms with Gasteiger partial charge in [0.1, 0.15) is 17.8 Å². The molecular formula is C18H25N5O3. The Morgan fingerprint density at radius 3 is 2.85 bits per heavy atom. The molecule has 0 aliphatic carbocycles. The molecule has 2 aromatic rings. The van der Waals surface area contributed by atoms with Crippen LogP contribution in [0.1, 0.15) is 43.0 Å². The average molecular weight is 359 g/mol. The molecule has 1 aromatic heterocycles. The maximum absolute atomic E-state index is 13.3. The summed E-state index contributed by atoms with van der Waals surface area (Å²) in [6, 6.07) is 5.34. The summed E-state index contributed by atoms with van der Waals surface area (Å²) in [6.07, 6.45) is 5.38. The average Bonchev–Trinajstić information content (AvgIpc) is 3.31. The number of rotatable bonds is 7. The topological polar surface area (TPSA) is 82.4 Å². The summed E-state index contributed by atoms with van der Waals surface area (Å²) in [7, 11) is 3.28. The molecule has 0 bridgehead atoms. The van der Waals surface area contributed by atoms with Crippen molar-refractivity contribution in [2.75, 3.05) is 27.4 Å². The molecule has 1 fully saturated rings. The van der Waals surface area contributed by atoms with Gasteiger partial charge in [-0.25, -0.2) is 0 Å². The van der Waals surface area contributed by atoms with Crippen molar-refractivity contribution in [3.63, 3.8) is 0 Å². The van der Waals surface area contributed by atoms with Crippen molar-refractivity contribution in [2.45, 2.75) is 38.1 Å². The van der Waals surface area contributed by atoms with E-state index in [9.17, 15) is 4.79 Å². The number of amides is 1. The highest BCUT2D eigenvalue weighted by Gasteiger charge is 2.43. The second-order valence-corrected chi connectivity index (χ2v) is 6.61. The molecule has 1 amide bonds. The Hall–Kier alpha value is -2.48. The summed E-state index contributed by atoms with van der Waals surface area (Å²) in [4.78, 5) is 15.3. The van der Waals surface area contributed by atoms with Crippen LogP contribution >= 0.6 is 0 Å². The van der Waals surface area contributed by atoms with Gasteiger partial charge in [0.2, 0.25) is 0 Å². The van der Waals surface area contributed by atoms with Gasteiger partial charge in [0.15, 0.2) is 0 Å². The van der Waals surface area contributed by atoms with Gasteiger partial charge in [0.05, 0.1) is 19.3 Å². The Morgan fingerprint density at radius 2 is 2.19 bits per heavy atom. The normalized spacial score (nSPS) is 19.7. The molecule has 8 nitrogen and oxygen atoms in total. The van der Waals surface area contributed by atoms with E-state index in [1.165, 1.54) is 11.0 Å². The summed E-state index contributed by atoms with van der Waals surface area (Å²) in [5, 5.41) is 11.2. The van der Waals surface area contributed by atoms with Gasteiger partial charge in [0.25, 0.3) is 5.91 Å². The first-order chi connectivity index (χ1) is 12.6. The maximum atomic E-state index is 13.3. The van der Waals surface area contributed by atoms with Crippen LogP contribution in [0.15, 0.2) is 24.5 Å². The zero-order valence-electron chi connectivity index (χ0n) is 15.5. The summed E-state index contributed by atoms with van der Waals surface area (Å²) in [6.45, 7) is 3.44. The quantitative estimate of drug-likeness (QED) is 0.753. The van der Waals surface area contributed by atoms with Crippen molar-refractivity contribution >= 4 is 5.91 Å². The van der Waals surface area contributed by atoms with Crippen LogP contribution in [0.4, 0.5) is 0 Å². The van der Waals surface area contributed by atoms with Gasteiger partial charge >= 0.3 is 0 Å². The summed E-state index contributed by atoms with van der Waals surface area (Å²) >= 11 is 0. The number of carbonyl (C=O) groups is 1. The Bertz CT molecular complexity index is 741. The number of tetrazole rings is 1.